The van der Waals surface area contributed by atoms with Crippen LogP contribution in [-0.2, 0) is 11.3 Å². The molecule has 0 saturated heterocycles. The highest BCUT2D eigenvalue weighted by Crippen LogP contribution is 2.07. The molecule has 0 radical (unpaired) electrons. The van der Waals surface area contributed by atoms with E-state index in [-0.39, 0.29) is 5.69 Å². The fourth-order valence-electron chi connectivity index (χ4n) is 1.16. The van der Waals surface area contributed by atoms with Gasteiger partial charge in [-0.15, -0.1) is 11.3 Å². The third-order valence-electron chi connectivity index (χ3n) is 1.96. The largest absolute Gasteiger partial charge is 0.464 e. The summed E-state index contributed by atoms with van der Waals surface area (Å²) in [6, 6.07) is 0. The van der Waals surface area contributed by atoms with Gasteiger partial charge in [-0.25, -0.2) is 14.8 Å². The topological polar surface area (TPSA) is 77.0 Å². The molecule has 0 aromatic carbocycles. The molecule has 17 heavy (non-hydrogen) atoms. The lowest BCUT2D eigenvalue weighted by atomic mass is 10.4. The van der Waals surface area contributed by atoms with Crippen molar-refractivity contribution in [3.8, 4) is 0 Å². The van der Waals surface area contributed by atoms with Crippen molar-refractivity contribution in [1.29, 1.82) is 0 Å². The molecule has 1 N–H and O–H groups in total. The summed E-state index contributed by atoms with van der Waals surface area (Å²) in [4.78, 5) is 23.3. The normalized spacial score (nSPS) is 9.94. The minimum atomic E-state index is -0.505. The van der Waals surface area contributed by atoms with E-state index < -0.39 is 5.97 Å². The highest BCUT2D eigenvalue weighted by atomic mass is 32.1. The third-order valence-corrected chi connectivity index (χ3v) is 2.60. The molecule has 0 spiro atoms. The maximum Gasteiger partial charge on any atom is 0.358 e. The van der Waals surface area contributed by atoms with Crippen LogP contribution in [0.25, 0.3) is 0 Å². The molecule has 7 heteroatoms. The van der Waals surface area contributed by atoms with Gasteiger partial charge in [0, 0.05) is 5.38 Å². The van der Waals surface area contributed by atoms with Gasteiger partial charge in [-0.2, -0.15) is 0 Å². The molecule has 2 aromatic rings. The van der Waals surface area contributed by atoms with Gasteiger partial charge in [0.1, 0.15) is 5.82 Å². The van der Waals surface area contributed by atoms with Gasteiger partial charge in [-0.3, -0.25) is 4.98 Å². The zero-order valence-corrected chi connectivity index (χ0v) is 9.90. The van der Waals surface area contributed by atoms with Gasteiger partial charge in [-0.05, 0) is 0 Å². The van der Waals surface area contributed by atoms with Crippen LogP contribution in [0.5, 0.6) is 0 Å². The Kier molecular flexibility index (Phi) is 3.61. The Labute approximate surface area is 102 Å². The molecule has 0 aliphatic rings. The van der Waals surface area contributed by atoms with Gasteiger partial charge in [0.25, 0.3) is 0 Å². The van der Waals surface area contributed by atoms with E-state index in [9.17, 15) is 4.79 Å². The van der Waals surface area contributed by atoms with Gasteiger partial charge in [-0.1, -0.05) is 0 Å². The van der Waals surface area contributed by atoms with Crippen LogP contribution >= 0.6 is 11.3 Å². The SMILES string of the molecule is COC(=O)c1cncc(NCc2cscn2)n1. The number of nitrogens with one attached hydrogen (secondary N) is 1. The first-order chi connectivity index (χ1) is 8.29. The van der Waals surface area contributed by atoms with Crippen molar-refractivity contribution in [2.24, 2.45) is 0 Å². The summed E-state index contributed by atoms with van der Waals surface area (Å²) in [7, 11) is 1.30. The molecule has 0 unspecified atom stereocenters. The minimum Gasteiger partial charge on any atom is -0.464 e. The molecule has 88 valence electrons. The molecule has 0 bridgehead atoms. The smallest absolute Gasteiger partial charge is 0.358 e. The summed E-state index contributed by atoms with van der Waals surface area (Å²) in [6.45, 7) is 0.544. The predicted molar refractivity (Wildman–Crippen MR) is 62.8 cm³/mol. The van der Waals surface area contributed by atoms with Crippen LogP contribution in [0.1, 0.15) is 16.2 Å². The number of thiazole rings is 1. The van der Waals surface area contributed by atoms with E-state index in [4.69, 9.17) is 0 Å². The monoisotopic (exact) mass is 250 g/mol. The van der Waals surface area contributed by atoms with Gasteiger partial charge in [0.05, 0.1) is 37.3 Å². The summed E-state index contributed by atoms with van der Waals surface area (Å²) in [5.41, 5.74) is 2.85. The number of ether oxygens (including phenoxy) is 1. The Morgan fingerprint density at radius 2 is 2.41 bits per heavy atom. The van der Waals surface area contributed by atoms with Crippen LogP contribution in [0, 0.1) is 0 Å². The van der Waals surface area contributed by atoms with Gasteiger partial charge in [0.15, 0.2) is 5.69 Å². The number of methoxy groups -OCH3 is 1. The number of carbonyl (C=O) groups excluding carboxylic acids is 1. The van der Waals surface area contributed by atoms with E-state index in [1.54, 1.807) is 11.7 Å². The number of esters is 1. The van der Waals surface area contributed by atoms with Crippen LogP contribution in [0.2, 0.25) is 0 Å². The summed E-state index contributed by atoms with van der Waals surface area (Å²) >= 11 is 1.53. The number of anilines is 1. The lowest BCUT2D eigenvalue weighted by molar-refractivity contribution is 0.0593. The number of nitrogens with zero attached hydrogens (tertiary/aromatic N) is 3. The van der Waals surface area contributed by atoms with E-state index in [2.05, 4.69) is 25.0 Å². The van der Waals surface area contributed by atoms with Crippen molar-refractivity contribution < 1.29 is 9.53 Å². The molecule has 0 saturated carbocycles. The Bertz CT molecular complexity index is 501. The minimum absolute atomic E-state index is 0.177. The molecule has 2 rings (SSSR count). The van der Waals surface area contributed by atoms with Crippen LogP contribution in [0.4, 0.5) is 5.82 Å². The second kappa shape index (κ2) is 5.35. The van der Waals surface area contributed by atoms with E-state index in [1.165, 1.54) is 24.6 Å². The Hall–Kier alpha value is -2.02. The van der Waals surface area contributed by atoms with Crippen molar-refractivity contribution in [1.82, 2.24) is 15.0 Å². The molecule has 0 fully saturated rings. The number of rotatable bonds is 4. The van der Waals surface area contributed by atoms with Gasteiger partial charge >= 0.3 is 5.97 Å². The zero-order valence-electron chi connectivity index (χ0n) is 9.08. The molecule has 0 atom stereocenters. The van der Waals surface area contributed by atoms with E-state index in [1.807, 2.05) is 5.38 Å². The van der Waals surface area contributed by atoms with Gasteiger partial charge < -0.3 is 10.1 Å². The molecule has 0 amide bonds. The lowest BCUT2D eigenvalue weighted by Gasteiger charge is -2.04. The molecule has 2 heterocycles. The van der Waals surface area contributed by atoms with Crippen molar-refractivity contribution in [2.45, 2.75) is 6.54 Å². The summed E-state index contributed by atoms with van der Waals surface area (Å²) < 4.78 is 4.56. The third kappa shape index (κ3) is 2.97. The lowest BCUT2D eigenvalue weighted by Crippen LogP contribution is -2.08. The first-order valence-corrected chi connectivity index (χ1v) is 5.75. The van der Waals surface area contributed by atoms with Crippen molar-refractivity contribution in [2.75, 3.05) is 12.4 Å². The van der Waals surface area contributed by atoms with Gasteiger partial charge in [0.2, 0.25) is 0 Å². The molecular weight excluding hydrogens is 240 g/mol. The quantitative estimate of drug-likeness (QED) is 0.825. The zero-order chi connectivity index (χ0) is 12.1. The molecular formula is C10H10N4O2S. The maximum absolute atomic E-state index is 11.2. The average molecular weight is 250 g/mol. The summed E-state index contributed by atoms with van der Waals surface area (Å²) in [5, 5.41) is 4.96. The molecule has 0 aliphatic heterocycles. The van der Waals surface area contributed by atoms with E-state index >= 15 is 0 Å². The first kappa shape index (κ1) is 11.5. The Balaban J connectivity index is 2.03. The molecule has 2 aromatic heterocycles. The number of hydrogen-bond acceptors (Lipinski definition) is 7. The van der Waals surface area contributed by atoms with Crippen molar-refractivity contribution in [3.63, 3.8) is 0 Å². The first-order valence-electron chi connectivity index (χ1n) is 4.81. The van der Waals surface area contributed by atoms with Crippen molar-refractivity contribution >= 4 is 23.1 Å². The summed E-state index contributed by atoms with van der Waals surface area (Å²) in [6.07, 6.45) is 2.90. The van der Waals surface area contributed by atoms with Crippen LogP contribution < -0.4 is 5.32 Å². The Morgan fingerprint density at radius 3 is 3.12 bits per heavy atom. The number of hydrogen-bond donors (Lipinski definition) is 1. The second-order valence-corrected chi connectivity index (χ2v) is 3.83. The average Bonchev–Trinajstić information content (AvgIpc) is 2.89. The van der Waals surface area contributed by atoms with Crippen LogP contribution in [0.3, 0.4) is 0 Å². The predicted octanol–water partition coefficient (Wildman–Crippen LogP) is 1.33. The summed E-state index contributed by atoms with van der Waals surface area (Å²) in [5.74, 6) is 0.00992. The van der Waals surface area contributed by atoms with Crippen LogP contribution in [0.15, 0.2) is 23.3 Å². The van der Waals surface area contributed by atoms with Crippen LogP contribution in [-0.4, -0.2) is 28.0 Å². The maximum atomic E-state index is 11.2. The van der Waals surface area contributed by atoms with E-state index in [0.29, 0.717) is 12.4 Å². The van der Waals surface area contributed by atoms with Crippen molar-refractivity contribution in [3.05, 3.63) is 34.7 Å². The molecule has 0 aliphatic carbocycles. The Morgan fingerprint density at radius 1 is 1.53 bits per heavy atom. The molecule has 6 nitrogen and oxygen atoms in total. The standard InChI is InChI=1S/C10H10N4O2S/c1-16-10(15)8-3-11-4-9(14-8)12-2-7-5-17-6-13-7/h3-6H,2H2,1H3,(H,12,14). The highest BCUT2D eigenvalue weighted by Gasteiger charge is 2.08. The van der Waals surface area contributed by atoms with E-state index in [0.717, 1.165) is 5.69 Å². The fourth-order valence-corrected chi connectivity index (χ4v) is 1.72. The fraction of sp³-hybridized carbons (Fsp3) is 0.200. The second-order valence-electron chi connectivity index (χ2n) is 3.11. The number of carbonyl (C=O) groups is 1. The highest BCUT2D eigenvalue weighted by molar-refractivity contribution is 7.07. The number of aromatic nitrogens is 3.